The molecule has 1 heterocycles. The lowest BCUT2D eigenvalue weighted by atomic mass is 9.95. The lowest BCUT2D eigenvalue weighted by molar-refractivity contribution is -0.0761. The smallest absolute Gasteiger partial charge is 0.266 e. The summed E-state index contributed by atoms with van der Waals surface area (Å²) in [6.45, 7) is 3.90. The highest BCUT2D eigenvalue weighted by Gasteiger charge is 2.51. The second-order valence-corrected chi connectivity index (χ2v) is 9.02. The van der Waals surface area contributed by atoms with Crippen LogP contribution in [0.4, 0.5) is 13.2 Å². The summed E-state index contributed by atoms with van der Waals surface area (Å²) in [4.78, 5) is 25.8. The molecule has 0 saturated carbocycles. The first-order valence-electron chi connectivity index (χ1n) is 7.56. The zero-order valence-electron chi connectivity index (χ0n) is 13.9. The summed E-state index contributed by atoms with van der Waals surface area (Å²) < 4.78 is 64.0. The Kier molecular flexibility index (Phi) is 5.84. The van der Waals surface area contributed by atoms with Crippen LogP contribution in [-0.4, -0.2) is 36.1 Å². The van der Waals surface area contributed by atoms with Gasteiger partial charge in [0.15, 0.2) is 0 Å². The minimum absolute atomic E-state index is 0. The molecule has 3 rings (SSSR count). The fraction of sp³-hybridized carbons (Fsp3) is 0.294. The summed E-state index contributed by atoms with van der Waals surface area (Å²) in [6, 6.07) is 7.39. The average molecular weight is 435 g/mol. The molecule has 0 bridgehead atoms. The van der Waals surface area contributed by atoms with Gasteiger partial charge in [-0.2, -0.15) is 21.6 Å². The van der Waals surface area contributed by atoms with Crippen molar-refractivity contribution in [2.45, 2.75) is 36.9 Å². The molecule has 0 saturated heterocycles. The first-order valence-corrected chi connectivity index (χ1v) is 9.85. The molecule has 0 atom stereocenters. The summed E-state index contributed by atoms with van der Waals surface area (Å²) >= 11 is 1.48. The summed E-state index contributed by atoms with van der Waals surface area (Å²) in [5.74, 6) is -2.56. The van der Waals surface area contributed by atoms with Gasteiger partial charge in [-0.15, -0.1) is 21.1 Å². The maximum Gasteiger partial charge on any atom is 0.525 e. The largest absolute Gasteiger partial charge is 0.525 e. The summed E-state index contributed by atoms with van der Waals surface area (Å²) in [7, 11) is -6.18. The maximum absolute atomic E-state index is 12.6. The Bertz CT molecular complexity index is 1040. The molecule has 0 aliphatic carbocycles. The third kappa shape index (κ3) is 3.61. The Balaban J connectivity index is 0.00000280. The second-order valence-electron chi connectivity index (χ2n) is 5.89. The number of imide groups is 1. The lowest BCUT2D eigenvalue weighted by Crippen LogP contribution is -2.44. The third-order valence-corrected chi connectivity index (χ3v) is 5.64. The summed E-state index contributed by atoms with van der Waals surface area (Å²) in [5, 5.41) is 0.662. The molecule has 6 nitrogen and oxygen atoms in total. The van der Waals surface area contributed by atoms with Gasteiger partial charge in [-0.25, -0.2) is 0 Å². The van der Waals surface area contributed by atoms with E-state index < -0.39 is 27.4 Å². The van der Waals surface area contributed by atoms with Crippen molar-refractivity contribution < 1.29 is 35.5 Å². The number of alkyl halides is 3. The molecule has 1 aliphatic heterocycles. The van der Waals surface area contributed by atoms with Crippen LogP contribution in [0.2, 0.25) is 0 Å². The highest BCUT2D eigenvalue weighted by Crippen LogP contribution is 2.38. The Morgan fingerprint density at radius 2 is 1.61 bits per heavy atom. The zero-order valence-corrected chi connectivity index (χ0v) is 15.5. The van der Waals surface area contributed by atoms with Crippen molar-refractivity contribution in [1.29, 1.82) is 0 Å². The highest BCUT2D eigenvalue weighted by atomic mass is 32.2. The quantitative estimate of drug-likeness (QED) is 0.403. The van der Waals surface area contributed by atoms with Gasteiger partial charge in [-0.3, -0.25) is 9.59 Å². The van der Waals surface area contributed by atoms with E-state index in [1.54, 1.807) is 12.1 Å². The van der Waals surface area contributed by atoms with Crippen molar-refractivity contribution in [3.05, 3.63) is 41.5 Å². The van der Waals surface area contributed by atoms with Gasteiger partial charge in [0.2, 0.25) is 0 Å². The van der Waals surface area contributed by atoms with E-state index in [-0.39, 0.29) is 34.3 Å². The van der Waals surface area contributed by atoms with E-state index in [1.165, 1.54) is 30.0 Å². The van der Waals surface area contributed by atoms with E-state index in [0.717, 1.165) is 4.90 Å². The fourth-order valence-electron chi connectivity index (χ4n) is 2.61. The molecular formula is C17H16F3NO5S2. The van der Waals surface area contributed by atoms with Crippen molar-refractivity contribution >= 4 is 44.5 Å². The van der Waals surface area contributed by atoms with E-state index in [2.05, 4.69) is 4.28 Å². The molecule has 0 N–H and O–H groups in total. The Labute approximate surface area is 163 Å². The summed E-state index contributed by atoms with van der Waals surface area (Å²) in [6.07, 6.45) is 0. The topological polar surface area (TPSA) is 80.8 Å². The number of rotatable bonds is 4. The van der Waals surface area contributed by atoms with Gasteiger partial charge >= 0.3 is 15.6 Å². The first-order chi connectivity index (χ1) is 12.4. The summed E-state index contributed by atoms with van der Waals surface area (Å²) in [5.41, 5.74) is -6.02. The van der Waals surface area contributed by atoms with E-state index in [0.29, 0.717) is 5.39 Å². The number of hydrogen-bond acceptors (Lipinski definition) is 6. The van der Waals surface area contributed by atoms with Gasteiger partial charge in [0.1, 0.15) is 0 Å². The number of carbonyl (C=O) groups is 2. The van der Waals surface area contributed by atoms with Crippen molar-refractivity contribution in [2.24, 2.45) is 0 Å². The van der Waals surface area contributed by atoms with Crippen LogP contribution < -0.4 is 0 Å². The van der Waals surface area contributed by atoms with E-state index >= 15 is 0 Å². The van der Waals surface area contributed by atoms with Gasteiger partial charge in [0, 0.05) is 15.5 Å². The van der Waals surface area contributed by atoms with Crippen LogP contribution in [0.15, 0.2) is 35.2 Å². The number of nitrogens with zero attached hydrogens (tertiary/aromatic N) is 1. The average Bonchev–Trinajstić information content (AvgIpc) is 2.56. The minimum atomic E-state index is -6.18. The van der Waals surface area contributed by atoms with Gasteiger partial charge in [0.05, 0.1) is 11.1 Å². The van der Waals surface area contributed by atoms with Crippen molar-refractivity contribution in [1.82, 2.24) is 5.06 Å². The molecule has 2 aromatic rings. The number of hydrogen-bond donors (Lipinski definition) is 0. The monoisotopic (exact) mass is 435 g/mol. The van der Waals surface area contributed by atoms with Crippen LogP contribution in [0, 0.1) is 0 Å². The molecule has 1 aliphatic rings. The predicted octanol–water partition coefficient (Wildman–Crippen LogP) is 4.35. The molecule has 152 valence electrons. The number of benzene rings is 2. The first kappa shape index (κ1) is 22.2. The molecular weight excluding hydrogens is 419 g/mol. The van der Waals surface area contributed by atoms with Gasteiger partial charge in [-0.05, 0) is 23.6 Å². The second kappa shape index (κ2) is 7.37. The Hall–Kier alpha value is -2.11. The van der Waals surface area contributed by atoms with Crippen LogP contribution in [0.5, 0.6) is 0 Å². The zero-order chi connectivity index (χ0) is 20.1. The Morgan fingerprint density at radius 1 is 1.04 bits per heavy atom. The normalized spacial score (nSPS) is 14.6. The van der Waals surface area contributed by atoms with Crippen molar-refractivity contribution in [2.75, 3.05) is 0 Å². The van der Waals surface area contributed by atoms with Crippen LogP contribution in [0.1, 0.15) is 42.0 Å². The van der Waals surface area contributed by atoms with E-state index in [1.807, 2.05) is 13.8 Å². The molecule has 0 aromatic heterocycles. The van der Waals surface area contributed by atoms with Gasteiger partial charge < -0.3 is 0 Å². The molecule has 2 aromatic carbocycles. The molecule has 28 heavy (non-hydrogen) atoms. The number of amides is 2. The standard InChI is InChI=1S/C16H12F3NO5S2.CH4/c1-8(2)26-12-7-6-11-13-9(12)4-3-5-10(13)14(21)20(15(11)22)25-27(23,24)16(17,18)19;/h3-8H,1-2H3;1H4. The molecule has 0 radical (unpaired) electrons. The molecule has 0 fully saturated rings. The molecule has 0 unspecified atom stereocenters. The fourth-order valence-corrected chi connectivity index (χ4v) is 3.98. The molecule has 0 spiro atoms. The number of halogens is 3. The van der Waals surface area contributed by atoms with Crippen LogP contribution in [0.3, 0.4) is 0 Å². The number of thioether (sulfide) groups is 1. The van der Waals surface area contributed by atoms with E-state index in [4.69, 9.17) is 0 Å². The Morgan fingerprint density at radius 3 is 2.14 bits per heavy atom. The minimum Gasteiger partial charge on any atom is -0.266 e. The van der Waals surface area contributed by atoms with Gasteiger partial charge in [0.25, 0.3) is 11.8 Å². The number of hydroxylamine groups is 2. The van der Waals surface area contributed by atoms with Crippen LogP contribution in [0.25, 0.3) is 10.8 Å². The third-order valence-electron chi connectivity index (χ3n) is 3.65. The number of carbonyl (C=O) groups excluding carboxylic acids is 2. The molecule has 11 heteroatoms. The van der Waals surface area contributed by atoms with Crippen molar-refractivity contribution in [3.8, 4) is 0 Å². The SMILES string of the molecule is C.CC(C)Sc1ccc2c3c(cccc13)C(=O)N(OS(=O)(=O)C(F)(F)F)C2=O. The lowest BCUT2D eigenvalue weighted by Gasteiger charge is -2.26. The maximum atomic E-state index is 12.6. The molecule has 2 amide bonds. The predicted molar refractivity (Wildman–Crippen MR) is 98.2 cm³/mol. The van der Waals surface area contributed by atoms with Crippen molar-refractivity contribution in [3.63, 3.8) is 0 Å². The highest BCUT2D eigenvalue weighted by molar-refractivity contribution is 8.00. The van der Waals surface area contributed by atoms with E-state index in [9.17, 15) is 31.2 Å². The van der Waals surface area contributed by atoms with Crippen LogP contribution >= 0.6 is 11.8 Å². The van der Waals surface area contributed by atoms with Crippen LogP contribution in [-0.2, 0) is 14.4 Å². The van der Waals surface area contributed by atoms with Gasteiger partial charge in [-0.1, -0.05) is 33.4 Å².